The minimum Gasteiger partial charge on any atom is -0.457 e. The van der Waals surface area contributed by atoms with Crippen LogP contribution in [0.1, 0.15) is 30.4 Å². The van der Waals surface area contributed by atoms with Crippen LogP contribution in [0.25, 0.3) is 0 Å². The van der Waals surface area contributed by atoms with Gasteiger partial charge in [-0.05, 0) is 67.9 Å². The number of carbonyl (C=O) groups is 3. The molecule has 0 aliphatic heterocycles. The van der Waals surface area contributed by atoms with Gasteiger partial charge >= 0.3 is 12.1 Å². The standard InChI is InChI=1S/C27H24ClF3N2O5/c1-17-5-10-20(11-6-17)38-21-12-8-19(9-13-21)32-24(34)3-2-4-26(36)37-16-25(35)33-23-15-18(27(29,30)31)7-14-22(23)28/h5-15H,2-4,16H2,1H3,(H,32,34)(H,33,35). The number of rotatable bonds is 10. The molecule has 2 N–H and O–H groups in total. The molecule has 11 heteroatoms. The molecule has 0 aliphatic rings. The summed E-state index contributed by atoms with van der Waals surface area (Å²) in [7, 11) is 0. The van der Waals surface area contributed by atoms with Crippen LogP contribution in [0.15, 0.2) is 66.7 Å². The quantitative estimate of drug-likeness (QED) is 0.273. The van der Waals surface area contributed by atoms with Gasteiger partial charge < -0.3 is 20.1 Å². The van der Waals surface area contributed by atoms with Crippen LogP contribution in [0, 0.1) is 6.92 Å². The summed E-state index contributed by atoms with van der Waals surface area (Å²) in [5.74, 6) is -0.611. The lowest BCUT2D eigenvalue weighted by Crippen LogP contribution is -2.21. The van der Waals surface area contributed by atoms with E-state index >= 15 is 0 Å². The molecular formula is C27H24ClF3N2O5. The van der Waals surface area contributed by atoms with Crippen LogP contribution in [0.4, 0.5) is 24.5 Å². The van der Waals surface area contributed by atoms with Crippen LogP contribution in [0.5, 0.6) is 11.5 Å². The van der Waals surface area contributed by atoms with E-state index in [-0.39, 0.29) is 35.9 Å². The summed E-state index contributed by atoms with van der Waals surface area (Å²) < 4.78 is 49.0. The second kappa shape index (κ2) is 13.0. The average Bonchev–Trinajstić information content (AvgIpc) is 2.86. The predicted molar refractivity (Wildman–Crippen MR) is 136 cm³/mol. The number of benzene rings is 3. The summed E-state index contributed by atoms with van der Waals surface area (Å²) in [5.41, 5.74) is 0.431. The fraction of sp³-hybridized carbons (Fsp3) is 0.222. The fourth-order valence-electron chi connectivity index (χ4n) is 3.17. The van der Waals surface area contributed by atoms with Gasteiger partial charge in [-0.15, -0.1) is 0 Å². The molecule has 0 spiro atoms. The van der Waals surface area contributed by atoms with Crippen molar-refractivity contribution < 1.29 is 37.0 Å². The van der Waals surface area contributed by atoms with E-state index in [1.165, 1.54) is 0 Å². The highest BCUT2D eigenvalue weighted by atomic mass is 35.5. The summed E-state index contributed by atoms with van der Waals surface area (Å²) in [6.07, 6.45) is -4.54. The SMILES string of the molecule is Cc1ccc(Oc2ccc(NC(=O)CCCC(=O)OCC(=O)Nc3cc(C(F)(F)F)ccc3Cl)cc2)cc1. The van der Waals surface area contributed by atoms with Gasteiger partial charge in [0.25, 0.3) is 5.91 Å². The predicted octanol–water partition coefficient (Wildman–Crippen LogP) is 6.75. The molecule has 0 bridgehead atoms. The molecule has 3 aromatic rings. The van der Waals surface area contributed by atoms with Gasteiger partial charge in [-0.1, -0.05) is 29.3 Å². The fourth-order valence-corrected chi connectivity index (χ4v) is 3.33. The molecule has 0 heterocycles. The highest BCUT2D eigenvalue weighted by Gasteiger charge is 2.31. The van der Waals surface area contributed by atoms with Gasteiger partial charge in [-0.2, -0.15) is 13.2 Å². The molecule has 0 aliphatic carbocycles. The zero-order valence-corrected chi connectivity index (χ0v) is 21.0. The molecule has 7 nitrogen and oxygen atoms in total. The second-order valence-electron chi connectivity index (χ2n) is 8.24. The Balaban J connectivity index is 1.35. The van der Waals surface area contributed by atoms with Crippen LogP contribution in [0.3, 0.4) is 0 Å². The summed E-state index contributed by atoms with van der Waals surface area (Å²) in [4.78, 5) is 36.0. The summed E-state index contributed by atoms with van der Waals surface area (Å²) in [6.45, 7) is 1.27. The van der Waals surface area contributed by atoms with Gasteiger partial charge in [-0.3, -0.25) is 14.4 Å². The van der Waals surface area contributed by atoms with Gasteiger partial charge in [0.15, 0.2) is 6.61 Å². The van der Waals surface area contributed by atoms with E-state index in [0.29, 0.717) is 23.3 Å². The van der Waals surface area contributed by atoms with Crippen molar-refractivity contribution in [2.24, 2.45) is 0 Å². The Kier molecular flexibility index (Phi) is 9.72. The maximum Gasteiger partial charge on any atom is 0.416 e. The number of anilines is 2. The molecule has 3 aromatic carbocycles. The summed E-state index contributed by atoms with van der Waals surface area (Å²) in [5, 5.41) is 4.79. The van der Waals surface area contributed by atoms with Crippen LogP contribution >= 0.6 is 11.6 Å². The maximum atomic E-state index is 12.8. The smallest absolute Gasteiger partial charge is 0.416 e. The molecule has 0 radical (unpaired) electrons. The number of alkyl halides is 3. The number of halogens is 4. The highest BCUT2D eigenvalue weighted by molar-refractivity contribution is 6.33. The maximum absolute atomic E-state index is 12.8. The monoisotopic (exact) mass is 548 g/mol. The third-order valence-electron chi connectivity index (χ3n) is 5.11. The molecule has 0 saturated heterocycles. The molecule has 0 unspecified atom stereocenters. The lowest BCUT2D eigenvalue weighted by Gasteiger charge is -2.12. The lowest BCUT2D eigenvalue weighted by molar-refractivity contribution is -0.147. The Labute approximate surface area is 221 Å². The molecule has 3 rings (SSSR count). The van der Waals surface area contributed by atoms with Crippen LogP contribution in [-0.2, 0) is 25.3 Å². The van der Waals surface area contributed by atoms with Gasteiger partial charge in [0, 0.05) is 18.5 Å². The van der Waals surface area contributed by atoms with E-state index in [1.807, 2.05) is 31.2 Å². The minimum absolute atomic E-state index is 0.0305. The van der Waals surface area contributed by atoms with E-state index in [0.717, 1.165) is 17.7 Å². The van der Waals surface area contributed by atoms with Gasteiger partial charge in [0.05, 0.1) is 16.3 Å². The molecule has 0 aromatic heterocycles. The van der Waals surface area contributed by atoms with E-state index in [1.54, 1.807) is 24.3 Å². The molecule has 0 fully saturated rings. The zero-order valence-electron chi connectivity index (χ0n) is 20.2. The van der Waals surface area contributed by atoms with E-state index < -0.39 is 30.2 Å². The Hall–Kier alpha value is -4.05. The molecule has 0 atom stereocenters. The number of nitrogens with one attached hydrogen (secondary N) is 2. The Bertz CT molecular complexity index is 1280. The van der Waals surface area contributed by atoms with Crippen molar-refractivity contribution in [1.29, 1.82) is 0 Å². The van der Waals surface area contributed by atoms with Gasteiger partial charge in [0.2, 0.25) is 5.91 Å². The van der Waals surface area contributed by atoms with Crippen molar-refractivity contribution in [2.75, 3.05) is 17.2 Å². The average molecular weight is 549 g/mol. The van der Waals surface area contributed by atoms with Crippen LogP contribution in [0.2, 0.25) is 5.02 Å². The normalized spacial score (nSPS) is 11.0. The zero-order chi connectivity index (χ0) is 27.7. The van der Waals surface area contributed by atoms with Crippen molar-refractivity contribution in [2.45, 2.75) is 32.4 Å². The first-order chi connectivity index (χ1) is 18.0. The minimum atomic E-state index is -4.61. The Morgan fingerprint density at radius 2 is 1.47 bits per heavy atom. The first-order valence-corrected chi connectivity index (χ1v) is 11.8. The number of esters is 1. The van der Waals surface area contributed by atoms with Crippen LogP contribution < -0.4 is 15.4 Å². The number of amides is 2. The number of ether oxygens (including phenoxy) is 2. The topological polar surface area (TPSA) is 93.7 Å². The number of aryl methyl sites for hydroxylation is 1. The lowest BCUT2D eigenvalue weighted by atomic mass is 10.2. The first kappa shape index (κ1) is 28.5. The van der Waals surface area contributed by atoms with E-state index in [9.17, 15) is 27.6 Å². The van der Waals surface area contributed by atoms with Gasteiger partial charge in [0.1, 0.15) is 11.5 Å². The molecular weight excluding hydrogens is 525 g/mol. The van der Waals surface area contributed by atoms with Crippen molar-refractivity contribution in [1.82, 2.24) is 0 Å². The molecule has 200 valence electrons. The number of hydrogen-bond acceptors (Lipinski definition) is 5. The van der Waals surface area contributed by atoms with Crippen molar-refractivity contribution in [3.63, 3.8) is 0 Å². The van der Waals surface area contributed by atoms with Crippen molar-refractivity contribution in [3.8, 4) is 11.5 Å². The first-order valence-electron chi connectivity index (χ1n) is 11.5. The van der Waals surface area contributed by atoms with Crippen molar-refractivity contribution >= 4 is 40.8 Å². The van der Waals surface area contributed by atoms with E-state index in [2.05, 4.69) is 10.6 Å². The highest BCUT2D eigenvalue weighted by Crippen LogP contribution is 2.33. The number of carbonyl (C=O) groups excluding carboxylic acids is 3. The van der Waals surface area contributed by atoms with Gasteiger partial charge in [-0.25, -0.2) is 0 Å². The van der Waals surface area contributed by atoms with Crippen molar-refractivity contribution in [3.05, 3.63) is 82.9 Å². The molecule has 0 saturated carbocycles. The largest absolute Gasteiger partial charge is 0.457 e. The van der Waals surface area contributed by atoms with Crippen LogP contribution in [-0.4, -0.2) is 24.4 Å². The Morgan fingerprint density at radius 3 is 2.11 bits per heavy atom. The second-order valence-corrected chi connectivity index (χ2v) is 8.65. The summed E-state index contributed by atoms with van der Waals surface area (Å²) in [6, 6.07) is 16.9. The third kappa shape index (κ3) is 9.11. The molecule has 2 amide bonds. The molecule has 38 heavy (non-hydrogen) atoms. The van der Waals surface area contributed by atoms with E-state index in [4.69, 9.17) is 21.1 Å². The number of hydrogen-bond donors (Lipinski definition) is 2. The third-order valence-corrected chi connectivity index (χ3v) is 5.44. The Morgan fingerprint density at radius 1 is 0.842 bits per heavy atom. The summed E-state index contributed by atoms with van der Waals surface area (Å²) >= 11 is 5.82.